The van der Waals surface area contributed by atoms with E-state index in [1.807, 2.05) is 42.5 Å². The Kier molecular flexibility index (Phi) is 3.54. The normalized spacial score (nSPS) is 10.9. The van der Waals surface area contributed by atoms with Crippen LogP contribution in [0, 0.1) is 0 Å². The lowest BCUT2D eigenvalue weighted by Crippen LogP contribution is -2.01. The van der Waals surface area contributed by atoms with Crippen molar-refractivity contribution in [3.05, 3.63) is 71.1 Å². The molecule has 5 heteroatoms. The molecule has 4 rings (SSSR count). The summed E-state index contributed by atoms with van der Waals surface area (Å²) in [4.78, 5) is 12.4. The number of rotatable bonds is 3. The summed E-state index contributed by atoms with van der Waals surface area (Å²) in [6, 6.07) is 18.3. The van der Waals surface area contributed by atoms with Crippen molar-refractivity contribution in [2.24, 2.45) is 0 Å². The lowest BCUT2D eigenvalue weighted by molar-refractivity contribution is 0.373. The molecule has 25 heavy (non-hydrogen) atoms. The summed E-state index contributed by atoms with van der Waals surface area (Å²) < 4.78 is 10.5. The van der Waals surface area contributed by atoms with E-state index in [-0.39, 0.29) is 5.75 Å². The highest BCUT2D eigenvalue weighted by atomic mass is 16.5. The number of phenolic OH excluding ortho intramolecular Hbond substituents is 1. The second kappa shape index (κ2) is 5.87. The molecule has 0 spiro atoms. The summed E-state index contributed by atoms with van der Waals surface area (Å²) in [5.41, 5.74) is 1.58. The van der Waals surface area contributed by atoms with E-state index in [4.69, 9.17) is 9.15 Å². The van der Waals surface area contributed by atoms with Crippen LogP contribution >= 0.6 is 0 Å². The van der Waals surface area contributed by atoms with Crippen LogP contribution in [0.15, 0.2) is 69.9 Å². The van der Waals surface area contributed by atoms with E-state index in [0.717, 1.165) is 16.8 Å². The van der Waals surface area contributed by atoms with Gasteiger partial charge in [0.05, 0.1) is 12.5 Å². The molecule has 124 valence electrons. The summed E-state index contributed by atoms with van der Waals surface area (Å²) in [7, 11) is 1.48. The molecule has 0 saturated heterocycles. The Labute approximate surface area is 143 Å². The number of anilines is 2. The molecular formula is C20H15NO4. The first-order chi connectivity index (χ1) is 12.2. The van der Waals surface area contributed by atoms with Gasteiger partial charge in [0.2, 0.25) is 0 Å². The number of hydrogen-bond donors (Lipinski definition) is 2. The number of para-hydroxylation sites is 1. The fourth-order valence-corrected chi connectivity index (χ4v) is 2.88. The molecule has 2 N–H and O–H groups in total. The van der Waals surface area contributed by atoms with E-state index in [1.165, 1.54) is 13.2 Å². The fourth-order valence-electron chi connectivity index (χ4n) is 2.88. The number of aromatic hydroxyl groups is 1. The molecule has 4 aromatic rings. The smallest absolute Gasteiger partial charge is 0.344 e. The van der Waals surface area contributed by atoms with Crippen molar-refractivity contribution in [2.45, 2.75) is 0 Å². The second-order valence-electron chi connectivity index (χ2n) is 5.66. The van der Waals surface area contributed by atoms with Crippen molar-refractivity contribution in [1.29, 1.82) is 0 Å². The third kappa shape index (κ3) is 2.65. The Morgan fingerprint density at radius 1 is 0.920 bits per heavy atom. The first-order valence-corrected chi connectivity index (χ1v) is 7.75. The summed E-state index contributed by atoms with van der Waals surface area (Å²) in [6.07, 6.45) is 0. The van der Waals surface area contributed by atoms with Crippen LogP contribution in [0.25, 0.3) is 21.7 Å². The first-order valence-electron chi connectivity index (χ1n) is 7.75. The SMILES string of the molecule is COc1cc2c(cc1O)oc(=O)c1cc(Nc3ccccc3)ccc12. The van der Waals surface area contributed by atoms with Gasteiger partial charge in [-0.3, -0.25) is 0 Å². The zero-order valence-electron chi connectivity index (χ0n) is 13.4. The van der Waals surface area contributed by atoms with Crippen LogP contribution in [0.4, 0.5) is 11.4 Å². The van der Waals surface area contributed by atoms with Gasteiger partial charge in [-0.25, -0.2) is 4.79 Å². The lowest BCUT2D eigenvalue weighted by Gasteiger charge is -2.10. The summed E-state index contributed by atoms with van der Waals surface area (Å²) in [6.45, 7) is 0. The highest BCUT2D eigenvalue weighted by Crippen LogP contribution is 2.34. The lowest BCUT2D eigenvalue weighted by atomic mass is 10.1. The number of ether oxygens (including phenoxy) is 1. The van der Waals surface area contributed by atoms with Gasteiger partial charge in [0.1, 0.15) is 5.58 Å². The molecule has 0 amide bonds. The number of phenols is 1. The second-order valence-corrected chi connectivity index (χ2v) is 5.66. The molecule has 0 bridgehead atoms. The van der Waals surface area contributed by atoms with Crippen LogP contribution in [-0.4, -0.2) is 12.2 Å². The summed E-state index contributed by atoms with van der Waals surface area (Å²) in [5.74, 6) is 0.258. The van der Waals surface area contributed by atoms with Crippen LogP contribution in [0.2, 0.25) is 0 Å². The minimum Gasteiger partial charge on any atom is -0.504 e. The Bertz CT molecular complexity index is 1130. The summed E-state index contributed by atoms with van der Waals surface area (Å²) >= 11 is 0. The molecule has 0 saturated carbocycles. The topological polar surface area (TPSA) is 71.7 Å². The van der Waals surface area contributed by atoms with E-state index in [0.29, 0.717) is 22.1 Å². The number of fused-ring (bicyclic) bond motifs is 3. The molecule has 1 heterocycles. The average Bonchev–Trinajstić information content (AvgIpc) is 2.62. The fraction of sp³-hybridized carbons (Fsp3) is 0.0500. The van der Waals surface area contributed by atoms with Gasteiger partial charge in [-0.2, -0.15) is 0 Å². The predicted octanol–water partition coefficient (Wildman–Crippen LogP) is 4.40. The van der Waals surface area contributed by atoms with E-state index < -0.39 is 5.63 Å². The molecule has 1 aromatic heterocycles. The zero-order chi connectivity index (χ0) is 17.4. The first kappa shape index (κ1) is 15.1. The van der Waals surface area contributed by atoms with Gasteiger partial charge in [0.25, 0.3) is 0 Å². The number of benzene rings is 3. The Morgan fingerprint density at radius 3 is 2.48 bits per heavy atom. The number of methoxy groups -OCH3 is 1. The quantitative estimate of drug-likeness (QED) is 0.429. The van der Waals surface area contributed by atoms with Gasteiger partial charge in [0, 0.05) is 28.2 Å². The molecule has 0 radical (unpaired) electrons. The molecule has 0 unspecified atom stereocenters. The molecule has 5 nitrogen and oxygen atoms in total. The van der Waals surface area contributed by atoms with Crippen LogP contribution in [-0.2, 0) is 0 Å². The van der Waals surface area contributed by atoms with Gasteiger partial charge in [-0.05, 0) is 30.3 Å². The molecule has 0 aliphatic rings. The molecule has 0 aliphatic heterocycles. The van der Waals surface area contributed by atoms with Crippen molar-refractivity contribution in [1.82, 2.24) is 0 Å². The van der Waals surface area contributed by atoms with Crippen LogP contribution in [0.3, 0.4) is 0 Å². The van der Waals surface area contributed by atoms with Crippen molar-refractivity contribution in [3.63, 3.8) is 0 Å². The summed E-state index contributed by atoms with van der Waals surface area (Å²) in [5, 5.41) is 15.0. The Hall–Kier alpha value is -3.47. The van der Waals surface area contributed by atoms with Crippen molar-refractivity contribution in [2.75, 3.05) is 12.4 Å². The van der Waals surface area contributed by atoms with E-state index in [9.17, 15) is 9.90 Å². The number of nitrogens with one attached hydrogen (secondary N) is 1. The minimum absolute atomic E-state index is 0.0696. The van der Waals surface area contributed by atoms with Crippen LogP contribution in [0.1, 0.15) is 0 Å². The van der Waals surface area contributed by atoms with E-state index in [1.54, 1.807) is 12.1 Å². The zero-order valence-corrected chi connectivity index (χ0v) is 13.4. The average molecular weight is 333 g/mol. The van der Waals surface area contributed by atoms with Crippen molar-refractivity contribution >= 4 is 33.1 Å². The molecule has 0 fully saturated rings. The van der Waals surface area contributed by atoms with Crippen LogP contribution in [0.5, 0.6) is 11.5 Å². The molecule has 3 aromatic carbocycles. The van der Waals surface area contributed by atoms with E-state index in [2.05, 4.69) is 5.32 Å². The maximum absolute atomic E-state index is 12.4. The molecule has 0 atom stereocenters. The third-order valence-corrected chi connectivity index (χ3v) is 4.08. The maximum atomic E-state index is 12.4. The van der Waals surface area contributed by atoms with Gasteiger partial charge in [-0.1, -0.05) is 24.3 Å². The largest absolute Gasteiger partial charge is 0.504 e. The maximum Gasteiger partial charge on any atom is 0.344 e. The molecular weight excluding hydrogens is 318 g/mol. The van der Waals surface area contributed by atoms with Gasteiger partial charge in [0.15, 0.2) is 11.5 Å². The van der Waals surface area contributed by atoms with Crippen molar-refractivity contribution in [3.8, 4) is 11.5 Å². The van der Waals surface area contributed by atoms with Gasteiger partial charge in [-0.15, -0.1) is 0 Å². The standard InChI is InChI=1S/C20H15NO4/c1-24-19-10-15-14-8-7-13(21-12-5-3-2-4-6-12)9-16(14)20(23)25-18(15)11-17(19)22/h2-11,21-22H,1H3. The van der Waals surface area contributed by atoms with Gasteiger partial charge >= 0.3 is 5.63 Å². The monoisotopic (exact) mass is 333 g/mol. The molecule has 0 aliphatic carbocycles. The van der Waals surface area contributed by atoms with Gasteiger partial charge < -0.3 is 19.6 Å². The van der Waals surface area contributed by atoms with E-state index >= 15 is 0 Å². The Balaban J connectivity index is 1.90. The number of hydrogen-bond acceptors (Lipinski definition) is 5. The highest BCUT2D eigenvalue weighted by molar-refractivity contribution is 6.06. The van der Waals surface area contributed by atoms with Crippen molar-refractivity contribution < 1.29 is 14.3 Å². The predicted molar refractivity (Wildman–Crippen MR) is 97.9 cm³/mol. The Morgan fingerprint density at radius 2 is 1.72 bits per heavy atom. The third-order valence-electron chi connectivity index (χ3n) is 4.08. The van der Waals surface area contributed by atoms with Crippen LogP contribution < -0.4 is 15.7 Å². The minimum atomic E-state index is -0.455. The highest BCUT2D eigenvalue weighted by Gasteiger charge is 2.12.